The van der Waals surface area contributed by atoms with Crippen LogP contribution in [-0.4, -0.2) is 43.6 Å². The molecule has 0 fully saturated rings. The van der Waals surface area contributed by atoms with Crippen molar-refractivity contribution in [1.29, 1.82) is 0 Å². The second-order valence-corrected chi connectivity index (χ2v) is 4.30. The lowest BCUT2D eigenvalue weighted by atomic mass is 10.8. The molecule has 7 heteroatoms. The molecule has 0 aromatic carbocycles. The van der Waals surface area contributed by atoms with Crippen LogP contribution in [0.1, 0.15) is 6.92 Å². The Labute approximate surface area is 75.4 Å². The summed E-state index contributed by atoms with van der Waals surface area (Å²) in [5, 5.41) is 8.16. The van der Waals surface area contributed by atoms with Gasteiger partial charge in [-0.2, -0.15) is 0 Å². The van der Waals surface area contributed by atoms with Gasteiger partial charge in [-0.25, -0.2) is 8.42 Å². The molecule has 6 nitrogen and oxygen atoms in total. The molecule has 0 unspecified atom stereocenters. The molecule has 0 rings (SSSR count). The first-order chi connectivity index (χ1) is 5.87. The van der Waals surface area contributed by atoms with Crippen molar-refractivity contribution in [3.05, 3.63) is 0 Å². The lowest BCUT2D eigenvalue weighted by Gasteiger charge is -2.00. The Morgan fingerprint density at radius 2 is 1.85 bits per heavy atom. The summed E-state index contributed by atoms with van der Waals surface area (Å²) in [6.45, 7) is 1.60. The Bertz CT molecular complexity index is 290. The largest absolute Gasteiger partial charge is 0.480 e. The van der Waals surface area contributed by atoms with Gasteiger partial charge in [0.2, 0.25) is 0 Å². The maximum atomic E-state index is 10.8. The lowest BCUT2D eigenvalue weighted by Crippen LogP contribution is -2.24. The molecule has 0 aliphatic heterocycles. The van der Waals surface area contributed by atoms with Crippen LogP contribution >= 0.6 is 0 Å². The number of ether oxygens (including phenoxy) is 1. The zero-order valence-electron chi connectivity index (χ0n) is 7.02. The van der Waals surface area contributed by atoms with Gasteiger partial charge in [0.1, 0.15) is 11.5 Å². The van der Waals surface area contributed by atoms with Gasteiger partial charge in [0.15, 0.2) is 9.84 Å². The van der Waals surface area contributed by atoms with Crippen molar-refractivity contribution in [2.24, 2.45) is 0 Å². The first-order valence-corrected chi connectivity index (χ1v) is 5.27. The van der Waals surface area contributed by atoms with Crippen LogP contribution < -0.4 is 0 Å². The van der Waals surface area contributed by atoms with Crippen LogP contribution in [0.3, 0.4) is 0 Å². The average Bonchev–Trinajstić information content (AvgIpc) is 1.81. The van der Waals surface area contributed by atoms with E-state index in [9.17, 15) is 18.0 Å². The molecule has 13 heavy (non-hydrogen) atoms. The van der Waals surface area contributed by atoms with Crippen LogP contribution in [0.2, 0.25) is 0 Å². The molecule has 76 valence electrons. The summed E-state index contributed by atoms with van der Waals surface area (Å²) in [6, 6.07) is 0. The third kappa shape index (κ3) is 6.09. The molecular formula is C6H10O6S. The van der Waals surface area contributed by atoms with Gasteiger partial charge in [-0.05, 0) is 6.92 Å². The number of aliphatic carboxylic acids is 1. The highest BCUT2D eigenvalue weighted by molar-refractivity contribution is 7.92. The fraction of sp³-hybridized carbons (Fsp3) is 0.667. The summed E-state index contributed by atoms with van der Waals surface area (Å²) in [4.78, 5) is 20.7. The molecule has 0 bridgehead atoms. The van der Waals surface area contributed by atoms with Crippen LogP contribution in [0.15, 0.2) is 0 Å². The number of carbonyl (C=O) groups is 2. The van der Waals surface area contributed by atoms with E-state index in [1.54, 1.807) is 0 Å². The van der Waals surface area contributed by atoms with Crippen LogP contribution in [0.25, 0.3) is 0 Å². The van der Waals surface area contributed by atoms with Gasteiger partial charge in [0, 0.05) is 0 Å². The van der Waals surface area contributed by atoms with Gasteiger partial charge >= 0.3 is 11.9 Å². The first kappa shape index (κ1) is 11.9. The number of carbonyl (C=O) groups excluding carboxylic acids is 1. The molecule has 0 amide bonds. The summed E-state index contributed by atoms with van der Waals surface area (Å²) < 4.78 is 26.0. The highest BCUT2D eigenvalue weighted by Gasteiger charge is 2.20. The van der Waals surface area contributed by atoms with Gasteiger partial charge in [0.05, 0.1) is 6.61 Å². The summed E-state index contributed by atoms with van der Waals surface area (Å²) in [6.07, 6.45) is 0. The van der Waals surface area contributed by atoms with Crippen molar-refractivity contribution < 1.29 is 27.9 Å². The molecule has 0 aliphatic rings. The van der Waals surface area contributed by atoms with E-state index >= 15 is 0 Å². The van der Waals surface area contributed by atoms with Crippen molar-refractivity contribution in [2.45, 2.75) is 6.92 Å². The van der Waals surface area contributed by atoms with Crippen molar-refractivity contribution in [3.63, 3.8) is 0 Å². The normalized spacial score (nSPS) is 10.8. The van der Waals surface area contributed by atoms with Gasteiger partial charge in [-0.3, -0.25) is 9.59 Å². The molecule has 0 aliphatic carbocycles. The lowest BCUT2D eigenvalue weighted by molar-refractivity contribution is -0.139. The fourth-order valence-corrected chi connectivity index (χ4v) is 1.54. The van der Waals surface area contributed by atoms with E-state index in [1.165, 1.54) is 6.92 Å². The van der Waals surface area contributed by atoms with Gasteiger partial charge in [0.25, 0.3) is 0 Å². The molecule has 0 saturated carbocycles. The van der Waals surface area contributed by atoms with E-state index in [-0.39, 0.29) is 6.61 Å². The van der Waals surface area contributed by atoms with E-state index in [0.29, 0.717) is 0 Å². The Morgan fingerprint density at radius 1 is 1.31 bits per heavy atom. The van der Waals surface area contributed by atoms with E-state index in [1.807, 2.05) is 0 Å². The zero-order chi connectivity index (χ0) is 10.5. The van der Waals surface area contributed by atoms with Gasteiger partial charge in [-0.1, -0.05) is 0 Å². The molecular weight excluding hydrogens is 200 g/mol. The third-order valence-electron chi connectivity index (χ3n) is 0.986. The Kier molecular flexibility index (Phi) is 4.39. The molecule has 0 atom stereocenters. The summed E-state index contributed by atoms with van der Waals surface area (Å²) in [5.74, 6) is -4.34. The van der Waals surface area contributed by atoms with Crippen molar-refractivity contribution >= 4 is 21.8 Å². The highest BCUT2D eigenvalue weighted by Crippen LogP contribution is 1.92. The second kappa shape index (κ2) is 4.80. The summed E-state index contributed by atoms with van der Waals surface area (Å²) >= 11 is 0. The second-order valence-electron chi connectivity index (χ2n) is 2.23. The van der Waals surface area contributed by atoms with Crippen molar-refractivity contribution in [1.82, 2.24) is 0 Å². The minimum atomic E-state index is -3.88. The van der Waals surface area contributed by atoms with E-state index in [0.717, 1.165) is 0 Å². The Hall–Kier alpha value is -1.11. The fourth-order valence-electron chi connectivity index (χ4n) is 0.621. The highest BCUT2D eigenvalue weighted by atomic mass is 32.2. The van der Waals surface area contributed by atoms with Gasteiger partial charge in [-0.15, -0.1) is 0 Å². The van der Waals surface area contributed by atoms with Crippen molar-refractivity contribution in [3.8, 4) is 0 Å². The smallest absolute Gasteiger partial charge is 0.321 e. The predicted molar refractivity (Wildman–Crippen MR) is 42.9 cm³/mol. The zero-order valence-corrected chi connectivity index (χ0v) is 7.83. The van der Waals surface area contributed by atoms with Crippen LogP contribution in [0.4, 0.5) is 0 Å². The van der Waals surface area contributed by atoms with Gasteiger partial charge < -0.3 is 9.84 Å². The number of esters is 1. The Morgan fingerprint density at radius 3 is 2.23 bits per heavy atom. The number of carboxylic acids is 1. The maximum absolute atomic E-state index is 10.8. The average molecular weight is 210 g/mol. The molecule has 0 aromatic heterocycles. The standard InChI is InChI=1S/C6H10O6S/c1-2-12-6(9)4-13(10,11)3-5(7)8/h2-4H2,1H3,(H,7,8). The number of hydrogen-bond donors (Lipinski definition) is 1. The molecule has 1 N–H and O–H groups in total. The minimum Gasteiger partial charge on any atom is -0.480 e. The molecule has 0 spiro atoms. The third-order valence-corrected chi connectivity index (χ3v) is 2.35. The summed E-state index contributed by atoms with van der Waals surface area (Å²) in [7, 11) is -3.88. The van der Waals surface area contributed by atoms with Crippen LogP contribution in [0.5, 0.6) is 0 Å². The van der Waals surface area contributed by atoms with E-state index in [2.05, 4.69) is 4.74 Å². The van der Waals surface area contributed by atoms with E-state index in [4.69, 9.17) is 5.11 Å². The number of rotatable bonds is 5. The summed E-state index contributed by atoms with van der Waals surface area (Å²) in [5.41, 5.74) is 0. The number of hydrogen-bond acceptors (Lipinski definition) is 5. The quantitative estimate of drug-likeness (QED) is 0.587. The van der Waals surface area contributed by atoms with E-state index < -0.39 is 33.3 Å². The first-order valence-electron chi connectivity index (χ1n) is 3.45. The monoisotopic (exact) mass is 210 g/mol. The molecule has 0 heterocycles. The predicted octanol–water partition coefficient (Wildman–Crippen LogP) is -0.951. The molecule has 0 saturated heterocycles. The van der Waals surface area contributed by atoms with Crippen LogP contribution in [0, 0.1) is 0 Å². The number of sulfone groups is 1. The Balaban J connectivity index is 4.18. The van der Waals surface area contributed by atoms with Crippen LogP contribution in [-0.2, 0) is 24.2 Å². The molecule has 0 radical (unpaired) electrons. The topological polar surface area (TPSA) is 97.7 Å². The molecule has 0 aromatic rings. The van der Waals surface area contributed by atoms with Crippen molar-refractivity contribution in [2.75, 3.05) is 18.1 Å². The SMILES string of the molecule is CCOC(=O)CS(=O)(=O)CC(=O)O. The number of carboxylic acid groups (broad SMARTS) is 1. The minimum absolute atomic E-state index is 0.0709. The maximum Gasteiger partial charge on any atom is 0.321 e.